The molecule has 3 rings (SSSR count). The number of sulfonamides is 1. The SMILES string of the molecule is CS(=O)(=O)N1C[C@H](OCc2cccnc2)[C@@H]2OCCC[C@@H]21. The van der Waals surface area contributed by atoms with Gasteiger partial charge in [-0.25, -0.2) is 8.42 Å². The predicted molar refractivity (Wildman–Crippen MR) is 77.1 cm³/mol. The summed E-state index contributed by atoms with van der Waals surface area (Å²) in [5.41, 5.74) is 0.975. The maximum absolute atomic E-state index is 11.9. The highest BCUT2D eigenvalue weighted by Gasteiger charge is 2.48. The third-order valence-corrected chi connectivity index (χ3v) is 5.31. The summed E-state index contributed by atoms with van der Waals surface area (Å²) in [5, 5.41) is 0. The number of rotatable bonds is 4. The van der Waals surface area contributed by atoms with Gasteiger partial charge < -0.3 is 9.47 Å². The molecule has 3 atom stereocenters. The molecule has 21 heavy (non-hydrogen) atoms. The van der Waals surface area contributed by atoms with E-state index in [-0.39, 0.29) is 18.2 Å². The second-order valence-corrected chi connectivity index (χ2v) is 7.52. The van der Waals surface area contributed by atoms with Gasteiger partial charge in [0, 0.05) is 25.5 Å². The standard InChI is InChI=1S/C14H20N2O4S/c1-21(17,18)16-9-13(14-12(16)5-3-7-19-14)20-10-11-4-2-6-15-8-11/h2,4,6,8,12-14H,3,5,7,9-10H2,1H3/t12-,13-,14+/m0/s1. The van der Waals surface area contributed by atoms with Gasteiger partial charge in [-0.2, -0.15) is 4.31 Å². The molecule has 0 saturated carbocycles. The lowest BCUT2D eigenvalue weighted by Crippen LogP contribution is -2.43. The van der Waals surface area contributed by atoms with Crippen LogP contribution in [-0.2, 0) is 26.1 Å². The zero-order valence-electron chi connectivity index (χ0n) is 12.0. The van der Waals surface area contributed by atoms with E-state index in [1.165, 1.54) is 10.6 Å². The van der Waals surface area contributed by atoms with Crippen molar-refractivity contribution in [1.82, 2.24) is 9.29 Å². The van der Waals surface area contributed by atoms with Crippen molar-refractivity contribution in [3.8, 4) is 0 Å². The molecule has 3 heterocycles. The van der Waals surface area contributed by atoms with Gasteiger partial charge in [0.25, 0.3) is 0 Å². The van der Waals surface area contributed by atoms with Crippen molar-refractivity contribution in [2.75, 3.05) is 19.4 Å². The molecule has 0 N–H and O–H groups in total. The van der Waals surface area contributed by atoms with Crippen LogP contribution >= 0.6 is 0 Å². The quantitative estimate of drug-likeness (QED) is 0.822. The lowest BCUT2D eigenvalue weighted by atomic mass is 10.0. The van der Waals surface area contributed by atoms with Crippen LogP contribution < -0.4 is 0 Å². The molecule has 116 valence electrons. The van der Waals surface area contributed by atoms with Crippen molar-refractivity contribution < 1.29 is 17.9 Å². The summed E-state index contributed by atoms with van der Waals surface area (Å²) in [5.74, 6) is 0. The highest BCUT2D eigenvalue weighted by atomic mass is 32.2. The van der Waals surface area contributed by atoms with E-state index in [0.717, 1.165) is 18.4 Å². The Hall–Kier alpha value is -1.02. The lowest BCUT2D eigenvalue weighted by Gasteiger charge is -2.31. The Balaban J connectivity index is 1.70. The first-order valence-corrected chi connectivity index (χ1v) is 8.99. The van der Waals surface area contributed by atoms with Crippen molar-refractivity contribution >= 4 is 10.0 Å². The molecule has 0 unspecified atom stereocenters. The van der Waals surface area contributed by atoms with E-state index in [1.807, 2.05) is 12.1 Å². The van der Waals surface area contributed by atoms with Gasteiger partial charge in [0.05, 0.1) is 25.0 Å². The number of hydrogen-bond donors (Lipinski definition) is 0. The molecule has 0 amide bonds. The average Bonchev–Trinajstić information content (AvgIpc) is 2.85. The minimum atomic E-state index is -3.23. The van der Waals surface area contributed by atoms with E-state index >= 15 is 0 Å². The molecular formula is C14H20N2O4S. The van der Waals surface area contributed by atoms with Gasteiger partial charge in [0.2, 0.25) is 10.0 Å². The molecule has 2 aliphatic heterocycles. The Bertz CT molecular complexity index is 578. The Morgan fingerprint density at radius 2 is 2.38 bits per heavy atom. The maximum Gasteiger partial charge on any atom is 0.211 e. The third-order valence-electron chi connectivity index (χ3n) is 4.04. The number of pyridine rings is 1. The minimum absolute atomic E-state index is 0.0901. The Morgan fingerprint density at radius 3 is 3.10 bits per heavy atom. The summed E-state index contributed by atoms with van der Waals surface area (Å²) < 4.78 is 37.1. The van der Waals surface area contributed by atoms with Crippen molar-refractivity contribution in [1.29, 1.82) is 0 Å². The first kappa shape index (κ1) is 14.9. The van der Waals surface area contributed by atoms with Crippen LogP contribution in [0.3, 0.4) is 0 Å². The van der Waals surface area contributed by atoms with Crippen LogP contribution in [0, 0.1) is 0 Å². The van der Waals surface area contributed by atoms with E-state index in [9.17, 15) is 8.42 Å². The largest absolute Gasteiger partial charge is 0.374 e. The van der Waals surface area contributed by atoms with E-state index in [4.69, 9.17) is 9.47 Å². The maximum atomic E-state index is 11.9. The van der Waals surface area contributed by atoms with Crippen molar-refractivity contribution in [3.05, 3.63) is 30.1 Å². The van der Waals surface area contributed by atoms with E-state index < -0.39 is 10.0 Å². The molecule has 6 nitrogen and oxygen atoms in total. The van der Waals surface area contributed by atoms with Gasteiger partial charge in [0.1, 0.15) is 6.10 Å². The van der Waals surface area contributed by atoms with Gasteiger partial charge in [-0.15, -0.1) is 0 Å². The summed E-state index contributed by atoms with van der Waals surface area (Å²) >= 11 is 0. The van der Waals surface area contributed by atoms with Gasteiger partial charge in [0.15, 0.2) is 0 Å². The summed E-state index contributed by atoms with van der Waals surface area (Å²) in [6, 6.07) is 3.71. The summed E-state index contributed by atoms with van der Waals surface area (Å²) in [4.78, 5) is 4.05. The highest BCUT2D eigenvalue weighted by molar-refractivity contribution is 7.88. The molecule has 0 bridgehead atoms. The van der Waals surface area contributed by atoms with Crippen LogP contribution in [0.25, 0.3) is 0 Å². The molecule has 7 heteroatoms. The predicted octanol–water partition coefficient (Wildman–Crippen LogP) is 0.790. The number of ether oxygens (including phenoxy) is 2. The fourth-order valence-electron chi connectivity index (χ4n) is 3.08. The highest BCUT2D eigenvalue weighted by Crippen LogP contribution is 2.32. The van der Waals surface area contributed by atoms with Crippen LogP contribution in [0.15, 0.2) is 24.5 Å². The molecule has 2 saturated heterocycles. The normalized spacial score (nSPS) is 30.2. The molecule has 2 aliphatic rings. The molecule has 0 spiro atoms. The molecule has 1 aromatic rings. The molecular weight excluding hydrogens is 292 g/mol. The van der Waals surface area contributed by atoms with E-state index in [1.54, 1.807) is 12.4 Å². The van der Waals surface area contributed by atoms with Crippen molar-refractivity contribution in [2.45, 2.75) is 37.7 Å². The second kappa shape index (κ2) is 6.00. The van der Waals surface area contributed by atoms with Gasteiger partial charge >= 0.3 is 0 Å². The number of fused-ring (bicyclic) bond motifs is 1. The number of aromatic nitrogens is 1. The van der Waals surface area contributed by atoms with Crippen molar-refractivity contribution in [3.63, 3.8) is 0 Å². The minimum Gasteiger partial charge on any atom is -0.374 e. The van der Waals surface area contributed by atoms with Crippen LogP contribution in [-0.4, -0.2) is 55.4 Å². The Morgan fingerprint density at radius 1 is 1.52 bits per heavy atom. The van der Waals surface area contributed by atoms with Gasteiger partial charge in [-0.05, 0) is 24.5 Å². The van der Waals surface area contributed by atoms with E-state index in [2.05, 4.69) is 4.98 Å². The second-order valence-electron chi connectivity index (χ2n) is 5.59. The van der Waals surface area contributed by atoms with Crippen LogP contribution in [0.4, 0.5) is 0 Å². The molecule has 0 aromatic carbocycles. The molecule has 2 fully saturated rings. The van der Waals surface area contributed by atoms with E-state index in [0.29, 0.717) is 19.8 Å². The lowest BCUT2D eigenvalue weighted by molar-refractivity contribution is -0.0802. The summed E-state index contributed by atoms with van der Waals surface area (Å²) in [6.45, 7) is 1.46. The fourth-order valence-corrected chi connectivity index (χ4v) is 4.22. The number of hydrogen-bond acceptors (Lipinski definition) is 5. The molecule has 0 radical (unpaired) electrons. The van der Waals surface area contributed by atoms with Crippen LogP contribution in [0.5, 0.6) is 0 Å². The van der Waals surface area contributed by atoms with Crippen LogP contribution in [0.1, 0.15) is 18.4 Å². The third kappa shape index (κ3) is 3.26. The average molecular weight is 312 g/mol. The fraction of sp³-hybridized carbons (Fsp3) is 0.643. The summed E-state index contributed by atoms with van der Waals surface area (Å²) in [7, 11) is -3.23. The summed E-state index contributed by atoms with van der Waals surface area (Å²) in [6.07, 6.45) is 6.07. The zero-order chi connectivity index (χ0) is 14.9. The first-order valence-electron chi connectivity index (χ1n) is 7.14. The van der Waals surface area contributed by atoms with Crippen LogP contribution in [0.2, 0.25) is 0 Å². The van der Waals surface area contributed by atoms with Gasteiger partial charge in [-0.3, -0.25) is 4.98 Å². The monoisotopic (exact) mass is 312 g/mol. The smallest absolute Gasteiger partial charge is 0.211 e. The van der Waals surface area contributed by atoms with Gasteiger partial charge in [-0.1, -0.05) is 6.07 Å². The Kier molecular flexibility index (Phi) is 4.26. The Labute approximate surface area is 125 Å². The zero-order valence-corrected chi connectivity index (χ0v) is 12.8. The topological polar surface area (TPSA) is 68.7 Å². The van der Waals surface area contributed by atoms with Crippen molar-refractivity contribution in [2.24, 2.45) is 0 Å². The number of nitrogens with zero attached hydrogens (tertiary/aromatic N) is 2. The molecule has 0 aliphatic carbocycles. The molecule has 1 aromatic heterocycles. The first-order chi connectivity index (χ1) is 10.1.